The number of hydrogen-bond donors (Lipinski definition) is 0. The minimum absolute atomic E-state index is 0.195. The second-order valence-electron chi connectivity index (χ2n) is 7.63. The number of hydrogen-bond acceptors (Lipinski definition) is 7. The highest BCUT2D eigenvalue weighted by Gasteiger charge is 2.37. The Morgan fingerprint density at radius 2 is 1.64 bits per heavy atom. The molecule has 0 N–H and O–H groups in total. The third kappa shape index (κ3) is 6.04. The molecule has 0 radical (unpaired) electrons. The van der Waals surface area contributed by atoms with E-state index in [1.54, 1.807) is 34.6 Å². The van der Waals surface area contributed by atoms with Gasteiger partial charge in [-0.2, -0.15) is 0 Å². The summed E-state index contributed by atoms with van der Waals surface area (Å²) in [7, 11) is -3.70. The lowest BCUT2D eigenvalue weighted by Crippen LogP contribution is -2.36. The molecule has 0 aliphatic heterocycles. The molecule has 0 saturated carbocycles. The number of halogens is 1. The fourth-order valence-corrected chi connectivity index (χ4v) is 3.50. The molecule has 0 aliphatic rings. The summed E-state index contributed by atoms with van der Waals surface area (Å²) in [5.41, 5.74) is -1.10. The summed E-state index contributed by atoms with van der Waals surface area (Å²) in [4.78, 5) is 37.1. The van der Waals surface area contributed by atoms with E-state index in [1.807, 2.05) is 0 Å². The maximum atomic E-state index is 12.9. The first kappa shape index (κ1) is 24.1. The molecule has 0 amide bonds. The fourth-order valence-electron chi connectivity index (χ4n) is 2.34. The van der Waals surface area contributed by atoms with Crippen LogP contribution in [0.5, 0.6) is 5.75 Å². The second-order valence-corrected chi connectivity index (χ2v) is 10.00. The zero-order valence-electron chi connectivity index (χ0n) is 17.0. The van der Waals surface area contributed by atoms with Crippen molar-refractivity contribution in [2.45, 2.75) is 58.1 Å². The van der Waals surface area contributed by atoms with E-state index in [9.17, 15) is 22.8 Å². The molecule has 1 rings (SSSR count). The Hall–Kier alpha value is -1.93. The van der Waals surface area contributed by atoms with Crippen LogP contribution in [0.1, 0.15) is 51.9 Å². The van der Waals surface area contributed by atoms with E-state index in [-0.39, 0.29) is 21.2 Å². The Balaban J connectivity index is 3.54. The van der Waals surface area contributed by atoms with Crippen LogP contribution < -0.4 is 4.74 Å². The number of ether oxygens (including phenoxy) is 2. The summed E-state index contributed by atoms with van der Waals surface area (Å²) in [5, 5.41) is -0.281. The van der Waals surface area contributed by atoms with Crippen molar-refractivity contribution < 1.29 is 32.3 Å². The van der Waals surface area contributed by atoms with Crippen LogP contribution in [0, 0.1) is 5.92 Å². The van der Waals surface area contributed by atoms with E-state index in [0.29, 0.717) is 0 Å². The summed E-state index contributed by atoms with van der Waals surface area (Å²) in [6, 6.07) is 2.33. The lowest BCUT2D eigenvalue weighted by Gasteiger charge is -2.23. The number of benzene rings is 1. The van der Waals surface area contributed by atoms with Gasteiger partial charge in [0.25, 0.3) is 0 Å². The zero-order chi connectivity index (χ0) is 22.0. The van der Waals surface area contributed by atoms with Crippen molar-refractivity contribution in [3.8, 4) is 5.75 Å². The maximum Gasteiger partial charge on any atom is 0.325 e. The lowest BCUT2D eigenvalue weighted by molar-refractivity contribution is -0.159. The normalized spacial score (nSPS) is 13.2. The SMILES string of the molecule is CC(=O)C(C(=O)OC(C)(C)C)C(=O)c1ccc(S(C)(=O)=O)c(OC(C)C)c1Cl. The van der Waals surface area contributed by atoms with Gasteiger partial charge in [0, 0.05) is 11.8 Å². The van der Waals surface area contributed by atoms with Crippen LogP contribution in [0.3, 0.4) is 0 Å². The Bertz CT molecular complexity index is 896. The van der Waals surface area contributed by atoms with Crippen LogP contribution >= 0.6 is 11.6 Å². The van der Waals surface area contributed by atoms with Gasteiger partial charge in [-0.15, -0.1) is 0 Å². The Labute approximate surface area is 170 Å². The van der Waals surface area contributed by atoms with Crippen molar-refractivity contribution in [1.82, 2.24) is 0 Å². The van der Waals surface area contributed by atoms with Gasteiger partial charge in [-0.1, -0.05) is 11.6 Å². The molecule has 0 aliphatic carbocycles. The third-order valence-electron chi connectivity index (χ3n) is 3.39. The quantitative estimate of drug-likeness (QED) is 0.370. The van der Waals surface area contributed by atoms with Gasteiger partial charge in [0.05, 0.1) is 11.1 Å². The van der Waals surface area contributed by atoms with Crippen LogP contribution in [0.2, 0.25) is 5.02 Å². The predicted molar refractivity (Wildman–Crippen MR) is 105 cm³/mol. The van der Waals surface area contributed by atoms with Gasteiger partial charge >= 0.3 is 5.97 Å². The summed E-state index contributed by atoms with van der Waals surface area (Å²) < 4.78 is 34.7. The van der Waals surface area contributed by atoms with Gasteiger partial charge in [0.1, 0.15) is 10.5 Å². The molecule has 0 spiro atoms. The third-order valence-corrected chi connectivity index (χ3v) is 4.89. The van der Waals surface area contributed by atoms with E-state index in [1.165, 1.54) is 6.07 Å². The van der Waals surface area contributed by atoms with Gasteiger partial charge in [0.2, 0.25) is 0 Å². The van der Waals surface area contributed by atoms with Crippen LogP contribution in [0.4, 0.5) is 0 Å². The molecule has 156 valence electrons. The maximum absolute atomic E-state index is 12.9. The predicted octanol–water partition coefficient (Wildman–Crippen LogP) is 3.26. The highest BCUT2D eigenvalue weighted by Crippen LogP contribution is 2.37. The van der Waals surface area contributed by atoms with Gasteiger partial charge in [-0.05, 0) is 53.7 Å². The number of ketones is 2. The average Bonchev–Trinajstić information content (AvgIpc) is 2.45. The monoisotopic (exact) mass is 432 g/mol. The highest BCUT2D eigenvalue weighted by atomic mass is 35.5. The molecule has 0 bridgehead atoms. The van der Waals surface area contributed by atoms with Crippen molar-refractivity contribution >= 4 is 39.0 Å². The molecule has 1 aromatic rings. The molecular weight excluding hydrogens is 408 g/mol. The molecule has 7 nitrogen and oxygen atoms in total. The number of esters is 1. The Morgan fingerprint density at radius 3 is 2.04 bits per heavy atom. The largest absolute Gasteiger partial charge is 0.488 e. The molecule has 9 heteroatoms. The summed E-state index contributed by atoms with van der Waals surface area (Å²) >= 11 is 6.27. The standard InChI is InChI=1S/C19H25ClO7S/c1-10(2)26-17-13(28(7,24)25)9-8-12(15(17)20)16(22)14(11(3)21)18(23)27-19(4,5)6/h8-10,14H,1-7H3. The fraction of sp³-hybridized carbons (Fsp3) is 0.526. The Kier molecular flexibility index (Phi) is 7.41. The molecule has 0 aromatic heterocycles. The Morgan fingerprint density at radius 1 is 1.11 bits per heavy atom. The van der Waals surface area contributed by atoms with Crippen LogP contribution in [-0.4, -0.2) is 43.9 Å². The van der Waals surface area contributed by atoms with E-state index in [4.69, 9.17) is 21.1 Å². The van der Waals surface area contributed by atoms with Crippen LogP contribution in [0.25, 0.3) is 0 Å². The van der Waals surface area contributed by atoms with E-state index < -0.39 is 45.0 Å². The molecular formula is C19H25ClO7S. The van der Waals surface area contributed by atoms with E-state index in [2.05, 4.69) is 0 Å². The average molecular weight is 433 g/mol. The molecule has 1 unspecified atom stereocenters. The number of Topliss-reactive ketones (excluding diaryl/α,β-unsaturated/α-hetero) is 2. The number of carbonyl (C=O) groups excluding carboxylic acids is 3. The van der Waals surface area contributed by atoms with Crippen LogP contribution in [-0.2, 0) is 24.2 Å². The first-order chi connectivity index (χ1) is 12.6. The van der Waals surface area contributed by atoms with Crippen molar-refractivity contribution in [3.63, 3.8) is 0 Å². The first-order valence-electron chi connectivity index (χ1n) is 8.53. The van der Waals surface area contributed by atoms with Crippen molar-refractivity contribution in [2.75, 3.05) is 6.26 Å². The minimum Gasteiger partial charge on any atom is -0.488 e. The second kappa shape index (κ2) is 8.61. The van der Waals surface area contributed by atoms with Crippen molar-refractivity contribution in [1.29, 1.82) is 0 Å². The number of rotatable bonds is 7. The summed E-state index contributed by atoms with van der Waals surface area (Å²) in [6.07, 6.45) is 0.546. The van der Waals surface area contributed by atoms with Gasteiger partial charge in [-0.3, -0.25) is 14.4 Å². The molecule has 1 atom stereocenters. The summed E-state index contributed by atoms with van der Waals surface area (Å²) in [5.74, 6) is -4.52. The molecule has 1 aromatic carbocycles. The van der Waals surface area contributed by atoms with Gasteiger partial charge in [-0.25, -0.2) is 8.42 Å². The first-order valence-corrected chi connectivity index (χ1v) is 10.8. The van der Waals surface area contributed by atoms with Gasteiger partial charge in [0.15, 0.2) is 33.1 Å². The van der Waals surface area contributed by atoms with E-state index >= 15 is 0 Å². The summed E-state index contributed by atoms with van der Waals surface area (Å²) in [6.45, 7) is 9.24. The molecule has 28 heavy (non-hydrogen) atoms. The van der Waals surface area contributed by atoms with Crippen LogP contribution in [0.15, 0.2) is 17.0 Å². The zero-order valence-corrected chi connectivity index (χ0v) is 18.5. The minimum atomic E-state index is -3.70. The number of sulfone groups is 1. The lowest BCUT2D eigenvalue weighted by atomic mass is 9.93. The van der Waals surface area contributed by atoms with E-state index in [0.717, 1.165) is 19.2 Å². The smallest absolute Gasteiger partial charge is 0.325 e. The highest BCUT2D eigenvalue weighted by molar-refractivity contribution is 7.90. The number of carbonyl (C=O) groups is 3. The molecule has 0 saturated heterocycles. The topological polar surface area (TPSA) is 104 Å². The van der Waals surface area contributed by atoms with Crippen molar-refractivity contribution in [2.24, 2.45) is 5.92 Å². The van der Waals surface area contributed by atoms with Crippen molar-refractivity contribution in [3.05, 3.63) is 22.7 Å². The van der Waals surface area contributed by atoms with Gasteiger partial charge < -0.3 is 9.47 Å². The molecule has 0 fully saturated rings. The molecule has 0 heterocycles.